The molecule has 8 rings (SSSR count). The number of imide groups is 1. The summed E-state index contributed by atoms with van der Waals surface area (Å²) >= 11 is 9.34. The standard InChI is InChI=1S/C50H54ClN7O8S3.2CH4O/c1-31(12-14-39(38-11-6-5-8-34(38)28-60)56(4)40-15-17-43(62)54-48(40)63)32-18-21-57(22-19-32)49-55-47-41(68-49)16-13-37(53-47)30-69(64,65)58-23-20-36(27-50(58,2)3)52-35-10-7-9-33(26-35)46-44(51)45(66-25-24-59)42(29-61)67-46;2*1-2/h5-14,16,24,26,28-29,32,36,40,52H,15,17-23,25,27,30H2,1-4H3,(H,54,62,63);2*2H,1H3/b31-12+,39-14+;;. The molecule has 0 bridgehead atoms. The van der Waals surface area contributed by atoms with Gasteiger partial charge in [0.25, 0.3) is 0 Å². The van der Waals surface area contributed by atoms with Crippen molar-refractivity contribution in [1.29, 1.82) is 0 Å². The predicted molar refractivity (Wildman–Crippen MR) is 288 cm³/mol. The molecule has 4 N–H and O–H groups in total. The Labute approximate surface area is 439 Å². The molecule has 0 spiro atoms. The number of piperidine rings is 3. The number of fused-ring (bicyclic) bond motifs is 1. The van der Waals surface area contributed by atoms with E-state index in [0.717, 1.165) is 73.2 Å². The Morgan fingerprint density at radius 1 is 0.945 bits per heavy atom. The normalized spacial score (nSPS) is 18.7. The lowest BCUT2D eigenvalue weighted by molar-refractivity contribution is -0.136. The average Bonchev–Trinajstić information content (AvgIpc) is 3.96. The zero-order valence-electron chi connectivity index (χ0n) is 41.7. The number of halogens is 1. The summed E-state index contributed by atoms with van der Waals surface area (Å²) in [4.78, 5) is 74.1. The number of aliphatic hydroxyl groups excluding tert-OH is 2. The van der Waals surface area contributed by atoms with E-state index in [1.165, 1.54) is 16.9 Å². The van der Waals surface area contributed by atoms with Gasteiger partial charge in [0.15, 0.2) is 35.4 Å². The van der Waals surface area contributed by atoms with Gasteiger partial charge in [0.2, 0.25) is 21.8 Å². The Balaban J connectivity index is 0.00000212. The van der Waals surface area contributed by atoms with Crippen LogP contribution < -0.4 is 20.3 Å². The van der Waals surface area contributed by atoms with Crippen molar-refractivity contribution in [2.45, 2.75) is 82.7 Å². The summed E-state index contributed by atoms with van der Waals surface area (Å²) in [7, 11) is 0.0556. The van der Waals surface area contributed by atoms with Gasteiger partial charge < -0.3 is 30.1 Å². The maximum atomic E-state index is 14.1. The maximum absolute atomic E-state index is 14.1. The maximum Gasteiger partial charge on any atom is 0.249 e. The first-order chi connectivity index (χ1) is 35.1. The van der Waals surface area contributed by atoms with Crippen LogP contribution in [0.5, 0.6) is 5.75 Å². The molecule has 0 aliphatic carbocycles. The molecule has 6 heterocycles. The van der Waals surface area contributed by atoms with Crippen LogP contribution in [0.3, 0.4) is 0 Å². The van der Waals surface area contributed by atoms with Gasteiger partial charge in [-0.3, -0.25) is 29.3 Å². The minimum Gasteiger partial charge on any atom is -0.483 e. The summed E-state index contributed by atoms with van der Waals surface area (Å²) in [5.41, 5.74) is 4.97. The highest BCUT2D eigenvalue weighted by Crippen LogP contribution is 2.45. The monoisotopic (exact) mass is 1080 g/mol. The molecule has 2 aromatic carbocycles. The smallest absolute Gasteiger partial charge is 0.249 e. The molecule has 0 radical (unpaired) electrons. The molecular formula is C52H62ClN7O10S3. The number of nitrogens with one attached hydrogen (secondary N) is 2. The quantitative estimate of drug-likeness (QED) is 0.0399. The van der Waals surface area contributed by atoms with Crippen LogP contribution in [-0.4, -0.2) is 134 Å². The van der Waals surface area contributed by atoms with Crippen LogP contribution in [0.15, 0.2) is 78.4 Å². The third-order valence-corrected chi connectivity index (χ3v) is 17.8. The first-order valence-corrected chi connectivity index (χ1v) is 27.3. The van der Waals surface area contributed by atoms with E-state index in [2.05, 4.69) is 28.5 Å². The van der Waals surface area contributed by atoms with Gasteiger partial charge >= 0.3 is 0 Å². The van der Waals surface area contributed by atoms with E-state index in [9.17, 15) is 32.4 Å². The average molecular weight is 1080 g/mol. The Kier molecular flexibility index (Phi) is 19.6. The molecule has 2 atom stereocenters. The summed E-state index contributed by atoms with van der Waals surface area (Å²) in [5.74, 6) is -0.407. The summed E-state index contributed by atoms with van der Waals surface area (Å²) in [6, 6.07) is 18.0. The number of amides is 2. The van der Waals surface area contributed by atoms with Gasteiger partial charge in [-0.05, 0) is 94.7 Å². The fourth-order valence-electron chi connectivity index (χ4n) is 9.58. The van der Waals surface area contributed by atoms with Gasteiger partial charge in [-0.25, -0.2) is 13.4 Å². The number of allylic oxidation sites excluding steroid dienone is 3. The lowest BCUT2D eigenvalue weighted by atomic mass is 9.89. The van der Waals surface area contributed by atoms with Crippen molar-refractivity contribution in [3.05, 3.63) is 105 Å². The van der Waals surface area contributed by atoms with Crippen molar-refractivity contribution >= 4 is 102 Å². The van der Waals surface area contributed by atoms with Gasteiger partial charge in [0.1, 0.15) is 28.3 Å². The second-order valence-electron chi connectivity index (χ2n) is 18.2. The van der Waals surface area contributed by atoms with Gasteiger partial charge in [-0.1, -0.05) is 71.0 Å². The number of carbonyl (C=O) groups excluding carboxylic acids is 5. The Morgan fingerprint density at radius 2 is 1.68 bits per heavy atom. The van der Waals surface area contributed by atoms with Crippen molar-refractivity contribution in [2.75, 3.05) is 57.7 Å². The molecule has 21 heteroatoms. The zero-order valence-corrected chi connectivity index (χ0v) is 44.9. The number of thiophene rings is 1. The van der Waals surface area contributed by atoms with Gasteiger partial charge in [-0.15, -0.1) is 11.3 Å². The summed E-state index contributed by atoms with van der Waals surface area (Å²) in [6.45, 7) is 7.64. The van der Waals surface area contributed by atoms with Gasteiger partial charge in [0.05, 0.1) is 15.3 Å². The minimum atomic E-state index is -3.77. The van der Waals surface area contributed by atoms with Crippen LogP contribution in [0.25, 0.3) is 26.5 Å². The Morgan fingerprint density at radius 3 is 2.37 bits per heavy atom. The SMILES string of the molecule is C/C(=C\C=C(/c1ccccc1C=O)N(C)C1CCC(=O)NC1=O)C1CCN(c2nc3nc(CS(=O)(=O)N4CCC(Nc5cccc(-c6sc(C=O)c(OCC=O)c6Cl)c5)CC4(C)C)ccc3s2)CC1.CO.CO. The third kappa shape index (κ3) is 13.3. The number of hydrogen-bond donors (Lipinski definition) is 4. The first-order valence-electron chi connectivity index (χ1n) is 23.7. The highest BCUT2D eigenvalue weighted by molar-refractivity contribution is 7.88. The number of thiazole rings is 1. The number of sulfonamides is 1. The Hall–Kier alpha value is -5.87. The molecular weight excluding hydrogens is 1010 g/mol. The van der Waals surface area contributed by atoms with Crippen LogP contribution >= 0.6 is 34.3 Å². The van der Waals surface area contributed by atoms with Crippen molar-refractivity contribution in [3.63, 3.8) is 0 Å². The largest absolute Gasteiger partial charge is 0.483 e. The third-order valence-electron chi connectivity index (χ3n) is 13.1. The molecule has 3 aliphatic rings. The van der Waals surface area contributed by atoms with Crippen LogP contribution in [0, 0.1) is 5.92 Å². The number of aromatic nitrogens is 2. The van der Waals surface area contributed by atoms with Crippen molar-refractivity contribution in [1.82, 2.24) is 24.5 Å². The molecule has 17 nitrogen and oxygen atoms in total. The number of hydrogen-bond acceptors (Lipinski definition) is 17. The molecule has 2 unspecified atom stereocenters. The Bertz CT molecular complexity index is 2970. The fraction of sp³-hybridized carbons (Fsp3) is 0.404. The highest BCUT2D eigenvalue weighted by Gasteiger charge is 2.42. The van der Waals surface area contributed by atoms with E-state index < -0.39 is 21.6 Å². The van der Waals surface area contributed by atoms with E-state index in [1.54, 1.807) is 33.8 Å². The molecule has 73 heavy (non-hydrogen) atoms. The number of aldehydes is 3. The van der Waals surface area contributed by atoms with Crippen molar-refractivity contribution in [2.24, 2.45) is 5.92 Å². The van der Waals surface area contributed by atoms with Crippen LogP contribution in [0.4, 0.5) is 10.8 Å². The summed E-state index contributed by atoms with van der Waals surface area (Å²) < 4.78 is 36.1. The molecule has 3 fully saturated rings. The zero-order chi connectivity index (χ0) is 53.0. The lowest BCUT2D eigenvalue weighted by Crippen LogP contribution is -2.55. The van der Waals surface area contributed by atoms with Crippen molar-refractivity contribution < 1.29 is 47.3 Å². The summed E-state index contributed by atoms with van der Waals surface area (Å²) in [6.07, 6.45) is 9.63. The number of rotatable bonds is 17. The van der Waals surface area contributed by atoms with Crippen LogP contribution in [0.1, 0.15) is 90.6 Å². The molecule has 3 saturated heterocycles. The number of carbonyl (C=O) groups is 5. The topological polar surface area (TPSA) is 229 Å². The second kappa shape index (κ2) is 25.4. The number of ether oxygens (including phenoxy) is 1. The summed E-state index contributed by atoms with van der Waals surface area (Å²) in [5, 5.41) is 21.1. The fourth-order valence-corrected chi connectivity index (χ4v) is 13.8. The van der Waals surface area contributed by atoms with Gasteiger partial charge in [-0.2, -0.15) is 9.29 Å². The van der Waals surface area contributed by atoms with E-state index in [0.29, 0.717) is 76.5 Å². The van der Waals surface area contributed by atoms with Gasteiger partial charge in [0, 0.05) is 81.4 Å². The molecule has 3 aliphatic heterocycles. The number of nitrogens with zero attached hydrogens (tertiary/aromatic N) is 5. The van der Waals surface area contributed by atoms with E-state index in [-0.39, 0.29) is 47.4 Å². The number of benzene rings is 2. The predicted octanol–water partition coefficient (Wildman–Crippen LogP) is 7.62. The first kappa shape index (κ1) is 56.4. The highest BCUT2D eigenvalue weighted by atomic mass is 35.5. The van der Waals surface area contributed by atoms with E-state index >= 15 is 0 Å². The number of likely N-dealkylation sites (N-methyl/N-ethyl adjacent to an activating group) is 1. The molecule has 2 amide bonds. The number of pyridine rings is 1. The second-order valence-corrected chi connectivity index (χ2v) is 22.5. The molecule has 3 aromatic heterocycles. The van der Waals surface area contributed by atoms with E-state index in [4.69, 9.17) is 36.5 Å². The van der Waals surface area contributed by atoms with Crippen molar-refractivity contribution in [3.8, 4) is 16.2 Å². The van der Waals surface area contributed by atoms with Crippen LogP contribution in [0.2, 0.25) is 5.02 Å². The number of anilines is 2. The molecule has 0 saturated carbocycles. The number of aliphatic hydroxyl groups is 2. The van der Waals surface area contributed by atoms with Crippen LogP contribution in [-0.2, 0) is 30.2 Å². The molecule has 5 aromatic rings. The lowest BCUT2D eigenvalue weighted by Gasteiger charge is -2.44. The minimum absolute atomic E-state index is 0.0218. The molecule has 390 valence electrons. The van der Waals surface area contributed by atoms with E-state index in [1.807, 2.05) is 74.3 Å².